The van der Waals surface area contributed by atoms with E-state index in [2.05, 4.69) is 24.3 Å². The van der Waals surface area contributed by atoms with Crippen LogP contribution in [0.5, 0.6) is 0 Å². The Hall–Kier alpha value is -1.03. The summed E-state index contributed by atoms with van der Waals surface area (Å²) in [6.07, 6.45) is 2.68. The molecule has 4 heteroatoms. The van der Waals surface area contributed by atoms with E-state index in [1.165, 1.54) is 0 Å². The van der Waals surface area contributed by atoms with Crippen molar-refractivity contribution in [3.05, 3.63) is 12.0 Å². The van der Waals surface area contributed by atoms with E-state index in [9.17, 15) is 0 Å². The molecule has 0 atom stereocenters. The Morgan fingerprint density at radius 3 is 3.00 bits per heavy atom. The lowest BCUT2D eigenvalue weighted by Crippen LogP contribution is -2.09. The van der Waals surface area contributed by atoms with E-state index >= 15 is 0 Å². The number of anilines is 1. The molecule has 1 aromatic heterocycles. The van der Waals surface area contributed by atoms with Gasteiger partial charge in [0.2, 0.25) is 0 Å². The molecule has 4 nitrogen and oxygen atoms in total. The summed E-state index contributed by atoms with van der Waals surface area (Å²) in [6.45, 7) is 5.73. The molecule has 1 rings (SSSR count). The van der Waals surface area contributed by atoms with Crippen molar-refractivity contribution >= 4 is 5.69 Å². The smallest absolute Gasteiger partial charge is 0.162 e. The van der Waals surface area contributed by atoms with E-state index in [-0.39, 0.29) is 0 Å². The van der Waals surface area contributed by atoms with Gasteiger partial charge in [-0.3, -0.25) is 0 Å². The number of rotatable bonds is 5. The van der Waals surface area contributed by atoms with Crippen LogP contribution >= 0.6 is 0 Å². The molecule has 0 aliphatic heterocycles. The van der Waals surface area contributed by atoms with Crippen LogP contribution in [0.4, 0.5) is 5.69 Å². The van der Waals surface area contributed by atoms with Crippen LogP contribution < -0.4 is 11.1 Å². The topological polar surface area (TPSA) is 64.1 Å². The highest BCUT2D eigenvalue weighted by molar-refractivity contribution is 5.45. The third-order valence-corrected chi connectivity index (χ3v) is 1.82. The van der Waals surface area contributed by atoms with E-state index in [4.69, 9.17) is 10.3 Å². The summed E-state index contributed by atoms with van der Waals surface area (Å²) in [6, 6.07) is 0. The van der Waals surface area contributed by atoms with E-state index in [0.717, 1.165) is 24.4 Å². The highest BCUT2D eigenvalue weighted by atomic mass is 16.5. The molecule has 0 saturated heterocycles. The van der Waals surface area contributed by atoms with Gasteiger partial charge in [-0.2, -0.15) is 0 Å². The summed E-state index contributed by atoms with van der Waals surface area (Å²) >= 11 is 0. The van der Waals surface area contributed by atoms with Crippen molar-refractivity contribution in [3.63, 3.8) is 0 Å². The molecule has 0 fully saturated rings. The van der Waals surface area contributed by atoms with Gasteiger partial charge >= 0.3 is 0 Å². The minimum absolute atomic E-state index is 0.364. The minimum atomic E-state index is 0.364. The Balaban J connectivity index is 2.50. The van der Waals surface area contributed by atoms with Gasteiger partial charge in [0, 0.05) is 12.5 Å². The van der Waals surface area contributed by atoms with Crippen LogP contribution in [0.15, 0.2) is 10.7 Å². The Morgan fingerprint density at radius 1 is 1.62 bits per heavy atom. The fourth-order valence-corrected chi connectivity index (χ4v) is 1.12. The van der Waals surface area contributed by atoms with Crippen molar-refractivity contribution in [2.75, 3.05) is 18.4 Å². The lowest BCUT2D eigenvalue weighted by molar-refractivity contribution is 0.372. The second-order valence-electron chi connectivity index (χ2n) is 3.33. The lowest BCUT2D eigenvalue weighted by Gasteiger charge is -2.05. The molecule has 0 aliphatic carbocycles. The average molecular weight is 183 g/mol. The second-order valence-corrected chi connectivity index (χ2v) is 3.33. The fraction of sp³-hybridized carbons (Fsp3) is 0.667. The third kappa shape index (κ3) is 2.73. The molecule has 0 spiro atoms. The third-order valence-electron chi connectivity index (χ3n) is 1.82. The van der Waals surface area contributed by atoms with E-state index < -0.39 is 0 Å². The van der Waals surface area contributed by atoms with E-state index in [0.29, 0.717) is 12.5 Å². The maximum absolute atomic E-state index is 5.39. The van der Waals surface area contributed by atoms with Crippen molar-refractivity contribution < 1.29 is 4.52 Å². The maximum Gasteiger partial charge on any atom is 0.162 e. The summed E-state index contributed by atoms with van der Waals surface area (Å²) in [5.74, 6) is 1.28. The summed E-state index contributed by atoms with van der Waals surface area (Å²) in [5, 5.41) is 6.99. The van der Waals surface area contributed by atoms with Gasteiger partial charge in [0.25, 0.3) is 0 Å². The van der Waals surface area contributed by atoms with Crippen molar-refractivity contribution in [1.82, 2.24) is 5.16 Å². The van der Waals surface area contributed by atoms with Crippen molar-refractivity contribution in [2.24, 2.45) is 5.73 Å². The molecule has 0 unspecified atom stereocenters. The molecule has 0 saturated carbocycles. The molecule has 3 N–H and O–H groups in total. The van der Waals surface area contributed by atoms with Crippen LogP contribution in [0.1, 0.15) is 31.9 Å². The molecule has 0 amide bonds. The van der Waals surface area contributed by atoms with Gasteiger partial charge in [-0.05, 0) is 13.0 Å². The van der Waals surface area contributed by atoms with Gasteiger partial charge in [-0.25, -0.2) is 0 Å². The number of nitrogens with zero attached hydrogens (tertiary/aromatic N) is 1. The van der Waals surface area contributed by atoms with Gasteiger partial charge in [0.1, 0.15) is 0 Å². The van der Waals surface area contributed by atoms with Crippen LogP contribution in [-0.4, -0.2) is 18.2 Å². The second kappa shape index (κ2) is 4.87. The zero-order chi connectivity index (χ0) is 9.68. The number of nitrogens with one attached hydrogen (secondary N) is 1. The molecule has 0 aromatic carbocycles. The highest BCUT2D eigenvalue weighted by Crippen LogP contribution is 2.23. The monoisotopic (exact) mass is 183 g/mol. The largest absolute Gasteiger partial charge is 0.381 e. The quantitative estimate of drug-likeness (QED) is 0.680. The predicted molar refractivity (Wildman–Crippen MR) is 52.8 cm³/mol. The number of hydrogen-bond donors (Lipinski definition) is 2. The number of nitrogens with two attached hydrogens (primary N) is 1. The normalized spacial score (nSPS) is 10.8. The molecular formula is C9H17N3O. The fourth-order valence-electron chi connectivity index (χ4n) is 1.12. The first kappa shape index (κ1) is 10.1. The molecule has 1 aromatic rings. The summed E-state index contributed by atoms with van der Waals surface area (Å²) in [7, 11) is 0. The van der Waals surface area contributed by atoms with E-state index in [1.54, 1.807) is 6.20 Å². The zero-order valence-electron chi connectivity index (χ0n) is 8.21. The van der Waals surface area contributed by atoms with Crippen molar-refractivity contribution in [3.8, 4) is 0 Å². The van der Waals surface area contributed by atoms with Crippen molar-refractivity contribution in [1.29, 1.82) is 0 Å². The molecule has 0 aliphatic rings. The molecule has 13 heavy (non-hydrogen) atoms. The molecule has 74 valence electrons. The SMILES string of the molecule is CC(C)c1oncc1NCCCN. The highest BCUT2D eigenvalue weighted by Gasteiger charge is 2.10. The Bertz CT molecular complexity index is 245. The van der Waals surface area contributed by atoms with Crippen LogP contribution in [0, 0.1) is 0 Å². The van der Waals surface area contributed by atoms with Crippen LogP contribution in [0.3, 0.4) is 0 Å². The molecule has 1 heterocycles. The van der Waals surface area contributed by atoms with Gasteiger partial charge in [-0.1, -0.05) is 19.0 Å². The number of hydrogen-bond acceptors (Lipinski definition) is 4. The summed E-state index contributed by atoms with van der Waals surface area (Å²) in [5.41, 5.74) is 6.38. The Labute approximate surface area is 78.5 Å². The van der Waals surface area contributed by atoms with Gasteiger partial charge in [0.15, 0.2) is 5.76 Å². The standard InChI is InChI=1S/C9H17N3O/c1-7(2)9-8(6-12-13-9)11-5-3-4-10/h6-7,11H,3-5,10H2,1-2H3. The minimum Gasteiger partial charge on any atom is -0.381 e. The van der Waals surface area contributed by atoms with Gasteiger partial charge in [-0.15, -0.1) is 0 Å². The van der Waals surface area contributed by atoms with Crippen LogP contribution in [0.2, 0.25) is 0 Å². The van der Waals surface area contributed by atoms with Crippen molar-refractivity contribution in [2.45, 2.75) is 26.2 Å². The maximum atomic E-state index is 5.39. The van der Waals surface area contributed by atoms with Gasteiger partial charge in [0.05, 0.1) is 11.9 Å². The first-order chi connectivity index (χ1) is 6.25. The number of aromatic nitrogens is 1. The lowest BCUT2D eigenvalue weighted by atomic mass is 10.1. The van der Waals surface area contributed by atoms with Crippen LogP contribution in [0.25, 0.3) is 0 Å². The summed E-state index contributed by atoms with van der Waals surface area (Å²) < 4.78 is 5.11. The van der Waals surface area contributed by atoms with Gasteiger partial charge < -0.3 is 15.6 Å². The molecule has 0 radical (unpaired) electrons. The molecule has 0 bridgehead atoms. The first-order valence-corrected chi connectivity index (χ1v) is 4.64. The van der Waals surface area contributed by atoms with Crippen LogP contribution in [-0.2, 0) is 0 Å². The molecular weight excluding hydrogens is 166 g/mol. The Kier molecular flexibility index (Phi) is 3.76. The first-order valence-electron chi connectivity index (χ1n) is 4.64. The predicted octanol–water partition coefficient (Wildman–Crippen LogP) is 1.56. The zero-order valence-corrected chi connectivity index (χ0v) is 8.21. The summed E-state index contributed by atoms with van der Waals surface area (Å²) in [4.78, 5) is 0. The van der Waals surface area contributed by atoms with E-state index in [1.807, 2.05) is 0 Å². The average Bonchev–Trinajstić information content (AvgIpc) is 2.53. The Morgan fingerprint density at radius 2 is 2.38 bits per heavy atom.